The largest absolute Gasteiger partial charge is 1.00 e. The molecule has 1 saturated heterocycles. The molecule has 0 aliphatic carbocycles. The van der Waals surface area contributed by atoms with Gasteiger partial charge in [0.25, 0.3) is 0 Å². The molecule has 1 heterocycles. The van der Waals surface area contributed by atoms with Crippen LogP contribution >= 0.6 is 0 Å². The molecule has 1 fully saturated rings. The van der Waals surface area contributed by atoms with Gasteiger partial charge in [-0.15, -0.1) is 0 Å². The number of rotatable bonds is 2. The molecule has 0 N–H and O–H groups in total. The van der Waals surface area contributed by atoms with Crippen LogP contribution in [0.25, 0.3) is 0 Å². The van der Waals surface area contributed by atoms with Gasteiger partial charge in [-0.1, -0.05) is 12.1 Å². The van der Waals surface area contributed by atoms with Crippen molar-refractivity contribution < 1.29 is 43.1 Å². The molecule has 2 unspecified atom stereocenters. The summed E-state index contributed by atoms with van der Waals surface area (Å²) in [6.45, 7) is 0.805. The Labute approximate surface area is 114 Å². The fourth-order valence-electron chi connectivity index (χ4n) is 1.63. The van der Waals surface area contributed by atoms with E-state index >= 15 is 0 Å². The van der Waals surface area contributed by atoms with E-state index in [9.17, 15) is 8.76 Å². The van der Waals surface area contributed by atoms with Gasteiger partial charge >= 0.3 is 29.6 Å². The van der Waals surface area contributed by atoms with E-state index in [4.69, 9.17) is 4.74 Å². The average molecular weight is 234 g/mol. The predicted octanol–water partition coefficient (Wildman–Crippen LogP) is -1.22. The molecule has 5 heteroatoms. The summed E-state index contributed by atoms with van der Waals surface area (Å²) in [6, 6.07) is 6.86. The Balaban J connectivity index is 0.00000112. The molecule has 0 radical (unpaired) electrons. The van der Waals surface area contributed by atoms with Crippen molar-refractivity contribution in [1.29, 1.82) is 0 Å². The van der Waals surface area contributed by atoms with E-state index in [1.165, 1.54) is 0 Å². The topological polar surface area (TPSA) is 49.4 Å². The summed E-state index contributed by atoms with van der Waals surface area (Å²) in [6.07, 6.45) is 2.27. The van der Waals surface area contributed by atoms with Crippen LogP contribution in [0, 0.1) is 0 Å². The van der Waals surface area contributed by atoms with Crippen LogP contribution in [0.15, 0.2) is 29.2 Å². The maximum absolute atomic E-state index is 10.6. The Hall–Kier alpha value is 0.290. The van der Waals surface area contributed by atoms with Gasteiger partial charge in [-0.25, -0.2) is 0 Å². The van der Waals surface area contributed by atoms with Crippen LogP contribution in [0.1, 0.15) is 24.5 Å². The molecule has 3 nitrogen and oxygen atoms in total. The zero-order valence-corrected chi connectivity index (χ0v) is 11.5. The van der Waals surface area contributed by atoms with E-state index in [0.717, 1.165) is 25.0 Å². The summed E-state index contributed by atoms with van der Waals surface area (Å²) in [7, 11) is 0. The minimum Gasteiger partial charge on any atom is -0.768 e. The van der Waals surface area contributed by atoms with Crippen LogP contribution in [0.5, 0.6) is 0 Å². The van der Waals surface area contributed by atoms with Crippen molar-refractivity contribution in [2.45, 2.75) is 23.8 Å². The Bertz CT molecular complexity index is 333. The molecule has 0 spiro atoms. The molecule has 2 atom stereocenters. The first kappa shape index (κ1) is 13.4. The number of benzene rings is 1. The molecule has 1 aliphatic heterocycles. The minimum atomic E-state index is -2.13. The number of ether oxygens (including phenoxy) is 1. The van der Waals surface area contributed by atoms with Crippen molar-refractivity contribution in [1.82, 2.24) is 0 Å². The molecular weight excluding hydrogens is 223 g/mol. The Kier molecular flexibility index (Phi) is 5.46. The monoisotopic (exact) mass is 234 g/mol. The van der Waals surface area contributed by atoms with Crippen molar-refractivity contribution in [3.05, 3.63) is 29.8 Å². The van der Waals surface area contributed by atoms with Crippen LogP contribution in [0.4, 0.5) is 0 Å². The summed E-state index contributed by atoms with van der Waals surface area (Å²) >= 11 is -2.13. The van der Waals surface area contributed by atoms with Crippen LogP contribution in [0.3, 0.4) is 0 Å². The fraction of sp³-hybridized carbons (Fsp3) is 0.400. The summed E-state index contributed by atoms with van der Waals surface area (Å²) in [5.41, 5.74) is 1.07. The van der Waals surface area contributed by atoms with Gasteiger partial charge < -0.3 is 9.29 Å². The molecule has 0 bridgehead atoms. The summed E-state index contributed by atoms with van der Waals surface area (Å²) in [5, 5.41) is 0. The molecule has 0 saturated carbocycles. The first-order chi connectivity index (χ1) is 6.77. The average Bonchev–Trinajstić information content (AvgIpc) is 2.71. The third-order valence-electron chi connectivity index (χ3n) is 2.37. The zero-order valence-electron chi connectivity index (χ0n) is 8.64. The van der Waals surface area contributed by atoms with Gasteiger partial charge in [0.2, 0.25) is 0 Å². The molecule has 15 heavy (non-hydrogen) atoms. The number of hydrogen-bond acceptors (Lipinski definition) is 3. The molecule has 0 aromatic heterocycles. The quantitative estimate of drug-likeness (QED) is 0.476. The van der Waals surface area contributed by atoms with Crippen molar-refractivity contribution in [3.63, 3.8) is 0 Å². The van der Waals surface area contributed by atoms with E-state index in [1.807, 2.05) is 12.1 Å². The van der Waals surface area contributed by atoms with Gasteiger partial charge in [-0.05, 0) is 41.6 Å². The smallest absolute Gasteiger partial charge is 0.768 e. The van der Waals surface area contributed by atoms with Gasteiger partial charge in [0.1, 0.15) is 0 Å². The van der Waals surface area contributed by atoms with Crippen LogP contribution in [-0.4, -0.2) is 15.4 Å². The third kappa shape index (κ3) is 3.37. The second kappa shape index (κ2) is 6.13. The maximum Gasteiger partial charge on any atom is 1.00 e. The van der Waals surface area contributed by atoms with Crippen molar-refractivity contribution in [3.8, 4) is 0 Å². The van der Waals surface area contributed by atoms with Gasteiger partial charge in [0.15, 0.2) is 0 Å². The Morgan fingerprint density at radius 3 is 2.47 bits per heavy atom. The van der Waals surface area contributed by atoms with Gasteiger partial charge in [-0.3, -0.25) is 4.21 Å². The molecular formula is C10H11NaO3S. The second-order valence-corrected chi connectivity index (χ2v) is 4.25. The standard InChI is InChI=1S/C10H12O3S.Na/c11-14(12)9-5-3-8(4-6-9)10-2-1-7-13-10;/h3-6,10H,1-2,7H2,(H,11,12);/q;+1/p-1. The third-order valence-corrected chi connectivity index (χ3v) is 3.03. The predicted molar refractivity (Wildman–Crippen MR) is 51.6 cm³/mol. The fourth-order valence-corrected chi connectivity index (χ4v) is 1.99. The molecule has 1 aromatic carbocycles. The summed E-state index contributed by atoms with van der Waals surface area (Å²) in [5.74, 6) is 0. The second-order valence-electron chi connectivity index (χ2n) is 3.31. The van der Waals surface area contributed by atoms with E-state index in [-0.39, 0.29) is 35.7 Å². The SMILES string of the molecule is O=S([O-])c1ccc(C2CCCO2)cc1.[Na+]. The van der Waals surface area contributed by atoms with Crippen LogP contribution in [-0.2, 0) is 15.8 Å². The van der Waals surface area contributed by atoms with Crippen molar-refractivity contribution in [2.24, 2.45) is 0 Å². The zero-order chi connectivity index (χ0) is 9.97. The first-order valence-electron chi connectivity index (χ1n) is 4.58. The van der Waals surface area contributed by atoms with E-state index in [0.29, 0.717) is 4.90 Å². The Morgan fingerprint density at radius 2 is 2.00 bits per heavy atom. The summed E-state index contributed by atoms with van der Waals surface area (Å²) in [4.78, 5) is 0.326. The van der Waals surface area contributed by atoms with E-state index < -0.39 is 11.1 Å². The van der Waals surface area contributed by atoms with Gasteiger partial charge in [0, 0.05) is 11.5 Å². The number of hydrogen-bond donors (Lipinski definition) is 0. The maximum atomic E-state index is 10.6. The van der Waals surface area contributed by atoms with Gasteiger partial charge in [0.05, 0.1) is 6.10 Å². The molecule has 0 amide bonds. The van der Waals surface area contributed by atoms with E-state index in [2.05, 4.69) is 0 Å². The molecule has 2 rings (SSSR count). The molecule has 1 aromatic rings. The Morgan fingerprint density at radius 1 is 1.33 bits per heavy atom. The summed E-state index contributed by atoms with van der Waals surface area (Å²) < 4.78 is 26.7. The first-order valence-corrected chi connectivity index (χ1v) is 5.66. The minimum absolute atomic E-state index is 0. The normalized spacial score (nSPS) is 22.1. The molecule has 1 aliphatic rings. The van der Waals surface area contributed by atoms with Crippen LogP contribution < -0.4 is 29.6 Å². The molecule has 76 valence electrons. The van der Waals surface area contributed by atoms with Gasteiger partial charge in [-0.2, -0.15) is 0 Å². The van der Waals surface area contributed by atoms with Crippen LogP contribution in [0.2, 0.25) is 0 Å². The van der Waals surface area contributed by atoms with E-state index in [1.54, 1.807) is 12.1 Å². The van der Waals surface area contributed by atoms with Crippen molar-refractivity contribution in [2.75, 3.05) is 6.61 Å². The van der Waals surface area contributed by atoms with Crippen molar-refractivity contribution >= 4 is 11.1 Å².